The highest BCUT2D eigenvalue weighted by molar-refractivity contribution is 7.91. The summed E-state index contributed by atoms with van der Waals surface area (Å²) in [4.78, 5) is 15.1. The van der Waals surface area contributed by atoms with Crippen molar-refractivity contribution in [1.29, 1.82) is 0 Å². The molecule has 28 heavy (non-hydrogen) atoms. The van der Waals surface area contributed by atoms with Crippen LogP contribution < -0.4 is 0 Å². The van der Waals surface area contributed by atoms with Crippen molar-refractivity contribution in [3.05, 3.63) is 47.0 Å². The molecule has 1 aliphatic carbocycles. The Labute approximate surface area is 164 Å². The van der Waals surface area contributed by atoms with Crippen LogP contribution in [0.25, 0.3) is 5.69 Å². The smallest absolute Gasteiger partial charge is 0.274 e. The lowest BCUT2D eigenvalue weighted by atomic mass is 10.1. The maximum absolute atomic E-state index is 13.4. The third kappa shape index (κ3) is 3.45. The topological polar surface area (TPSA) is 72.3 Å². The van der Waals surface area contributed by atoms with Crippen LogP contribution in [-0.4, -0.2) is 53.1 Å². The quantitative estimate of drug-likeness (QED) is 0.766. The Morgan fingerprint density at radius 3 is 2.68 bits per heavy atom. The molecule has 4 rings (SSSR count). The second kappa shape index (κ2) is 7.31. The van der Waals surface area contributed by atoms with E-state index in [2.05, 4.69) is 5.10 Å². The summed E-state index contributed by atoms with van der Waals surface area (Å²) >= 11 is 0. The van der Waals surface area contributed by atoms with E-state index in [1.165, 1.54) is 12.1 Å². The molecular formula is C20H24FN3O3S. The van der Waals surface area contributed by atoms with Gasteiger partial charge in [0.15, 0.2) is 15.5 Å². The Hall–Kier alpha value is -2.22. The molecule has 0 radical (unpaired) electrons. The summed E-state index contributed by atoms with van der Waals surface area (Å²) in [5.41, 5.74) is 3.07. The van der Waals surface area contributed by atoms with Gasteiger partial charge in [-0.15, -0.1) is 0 Å². The van der Waals surface area contributed by atoms with Crippen LogP contribution in [0.5, 0.6) is 0 Å². The van der Waals surface area contributed by atoms with Gasteiger partial charge >= 0.3 is 0 Å². The second-order valence-electron chi connectivity index (χ2n) is 7.57. The van der Waals surface area contributed by atoms with E-state index >= 15 is 0 Å². The number of amides is 1. The van der Waals surface area contributed by atoms with Crippen molar-refractivity contribution in [2.45, 2.75) is 45.1 Å². The van der Waals surface area contributed by atoms with Crippen molar-refractivity contribution >= 4 is 15.7 Å². The van der Waals surface area contributed by atoms with Crippen molar-refractivity contribution in [3.8, 4) is 5.69 Å². The van der Waals surface area contributed by atoms with Gasteiger partial charge in [-0.05, 0) is 56.4 Å². The first-order valence-corrected chi connectivity index (χ1v) is 11.6. The maximum Gasteiger partial charge on any atom is 0.274 e. The highest BCUT2D eigenvalue weighted by Gasteiger charge is 2.37. The number of rotatable bonds is 5. The zero-order chi connectivity index (χ0) is 19.9. The molecule has 2 heterocycles. The highest BCUT2D eigenvalue weighted by atomic mass is 32.2. The summed E-state index contributed by atoms with van der Waals surface area (Å²) < 4.78 is 38.9. The Bertz CT molecular complexity index is 998. The lowest BCUT2D eigenvalue weighted by Crippen LogP contribution is -2.42. The Morgan fingerprint density at radius 2 is 2.04 bits per heavy atom. The van der Waals surface area contributed by atoms with E-state index in [0.29, 0.717) is 18.7 Å². The van der Waals surface area contributed by atoms with E-state index in [-0.39, 0.29) is 29.3 Å². The first-order valence-electron chi connectivity index (χ1n) is 9.77. The van der Waals surface area contributed by atoms with E-state index < -0.39 is 9.84 Å². The molecule has 0 N–H and O–H groups in total. The maximum atomic E-state index is 13.4. The third-order valence-corrected chi connectivity index (χ3v) is 7.33. The lowest BCUT2D eigenvalue weighted by molar-refractivity contribution is 0.0689. The Balaban J connectivity index is 1.70. The van der Waals surface area contributed by atoms with Crippen LogP contribution >= 0.6 is 0 Å². The van der Waals surface area contributed by atoms with Gasteiger partial charge < -0.3 is 4.90 Å². The molecular weight excluding hydrogens is 381 g/mol. The zero-order valence-corrected chi connectivity index (χ0v) is 16.7. The number of aromatic nitrogens is 2. The van der Waals surface area contributed by atoms with Crippen LogP contribution in [0.2, 0.25) is 0 Å². The number of sulfone groups is 1. The molecule has 2 aromatic rings. The van der Waals surface area contributed by atoms with Gasteiger partial charge in [0.05, 0.1) is 17.2 Å². The van der Waals surface area contributed by atoms with Crippen molar-refractivity contribution in [3.63, 3.8) is 0 Å². The minimum Gasteiger partial charge on any atom is -0.333 e. The van der Waals surface area contributed by atoms with Crippen molar-refractivity contribution in [1.82, 2.24) is 14.7 Å². The van der Waals surface area contributed by atoms with Gasteiger partial charge in [-0.1, -0.05) is 6.92 Å². The largest absolute Gasteiger partial charge is 0.333 e. The normalized spacial score (nSPS) is 20.3. The molecule has 1 atom stereocenters. The number of hydrogen-bond donors (Lipinski definition) is 0. The summed E-state index contributed by atoms with van der Waals surface area (Å²) in [6, 6.07) is 5.79. The van der Waals surface area contributed by atoms with Crippen LogP contribution in [-0.2, 0) is 22.7 Å². The molecule has 1 aromatic carbocycles. The van der Waals surface area contributed by atoms with Gasteiger partial charge in [-0.2, -0.15) is 5.10 Å². The standard InChI is InChI=1S/C20H24FN3O3S/c1-2-11-23(16-10-12-28(26,27)13-16)20(25)19-17-4-3-5-18(17)24(22-19)15-8-6-14(21)7-9-15/h6-9,16H,2-5,10-13H2,1H3. The number of fused-ring (bicyclic) bond motifs is 1. The van der Waals surface area contributed by atoms with Gasteiger partial charge in [0.1, 0.15) is 5.82 Å². The van der Waals surface area contributed by atoms with Gasteiger partial charge in [-0.3, -0.25) is 4.79 Å². The van der Waals surface area contributed by atoms with E-state index in [1.807, 2.05) is 6.92 Å². The van der Waals surface area contributed by atoms with Crippen molar-refractivity contribution in [2.24, 2.45) is 0 Å². The summed E-state index contributed by atoms with van der Waals surface area (Å²) in [6.07, 6.45) is 3.78. The number of carbonyl (C=O) groups excluding carboxylic acids is 1. The molecule has 1 amide bonds. The molecule has 1 unspecified atom stereocenters. The van der Waals surface area contributed by atoms with E-state index in [4.69, 9.17) is 0 Å². The summed E-state index contributed by atoms with van der Waals surface area (Å²) in [6.45, 7) is 2.49. The van der Waals surface area contributed by atoms with Gasteiger partial charge in [0.25, 0.3) is 5.91 Å². The number of nitrogens with zero attached hydrogens (tertiary/aromatic N) is 3. The van der Waals surface area contributed by atoms with Crippen LogP contribution in [0.15, 0.2) is 24.3 Å². The Kier molecular flexibility index (Phi) is 4.99. The molecule has 0 bridgehead atoms. The molecule has 0 saturated carbocycles. The van der Waals surface area contributed by atoms with E-state index in [9.17, 15) is 17.6 Å². The SMILES string of the molecule is CCCN(C(=O)c1nn(-c2ccc(F)cc2)c2c1CCC2)C1CCS(=O)(=O)C1. The van der Waals surface area contributed by atoms with Gasteiger partial charge in [-0.25, -0.2) is 17.5 Å². The number of halogens is 1. The average molecular weight is 405 g/mol. The van der Waals surface area contributed by atoms with Crippen molar-refractivity contribution < 1.29 is 17.6 Å². The highest BCUT2D eigenvalue weighted by Crippen LogP contribution is 2.30. The molecule has 8 heteroatoms. The minimum absolute atomic E-state index is 0.0274. The molecule has 1 aliphatic heterocycles. The number of carbonyl (C=O) groups is 1. The van der Waals surface area contributed by atoms with Crippen LogP contribution in [0.1, 0.15) is 47.9 Å². The fraction of sp³-hybridized carbons (Fsp3) is 0.500. The predicted octanol–water partition coefficient (Wildman–Crippen LogP) is 2.54. The van der Waals surface area contributed by atoms with Gasteiger partial charge in [0, 0.05) is 23.8 Å². The molecule has 2 aliphatic rings. The van der Waals surface area contributed by atoms with Crippen LogP contribution in [0, 0.1) is 5.82 Å². The number of benzene rings is 1. The summed E-state index contributed by atoms with van der Waals surface area (Å²) in [5, 5.41) is 4.60. The second-order valence-corrected chi connectivity index (χ2v) is 9.80. The van der Waals surface area contributed by atoms with Crippen molar-refractivity contribution in [2.75, 3.05) is 18.1 Å². The molecule has 150 valence electrons. The van der Waals surface area contributed by atoms with E-state index in [1.54, 1.807) is 21.7 Å². The fourth-order valence-electron chi connectivity index (χ4n) is 4.25. The predicted molar refractivity (Wildman–Crippen MR) is 104 cm³/mol. The molecule has 1 aromatic heterocycles. The Morgan fingerprint density at radius 1 is 1.29 bits per heavy atom. The van der Waals surface area contributed by atoms with Crippen LogP contribution in [0.3, 0.4) is 0 Å². The molecule has 1 fully saturated rings. The summed E-state index contributed by atoms with van der Waals surface area (Å²) in [7, 11) is -3.08. The minimum atomic E-state index is -3.08. The monoisotopic (exact) mass is 405 g/mol. The first kappa shape index (κ1) is 19.1. The van der Waals surface area contributed by atoms with E-state index in [0.717, 1.165) is 42.6 Å². The number of hydrogen-bond acceptors (Lipinski definition) is 4. The first-order chi connectivity index (χ1) is 13.4. The summed E-state index contributed by atoms with van der Waals surface area (Å²) in [5.74, 6) is -0.351. The third-order valence-electron chi connectivity index (χ3n) is 5.58. The fourth-order valence-corrected chi connectivity index (χ4v) is 5.98. The van der Waals surface area contributed by atoms with Gasteiger partial charge in [0.2, 0.25) is 0 Å². The zero-order valence-electron chi connectivity index (χ0n) is 15.9. The van der Waals surface area contributed by atoms with Crippen LogP contribution in [0.4, 0.5) is 4.39 Å². The molecule has 0 spiro atoms. The lowest BCUT2D eigenvalue weighted by Gasteiger charge is -2.27. The molecule has 1 saturated heterocycles. The average Bonchev–Trinajstić information content (AvgIpc) is 3.35. The molecule has 6 nitrogen and oxygen atoms in total.